The molecule has 0 unspecified atom stereocenters. The Morgan fingerprint density at radius 2 is 1.82 bits per heavy atom. The van der Waals surface area contributed by atoms with E-state index in [1.807, 2.05) is 53.4 Å². The molecule has 1 saturated heterocycles. The summed E-state index contributed by atoms with van der Waals surface area (Å²) in [6.45, 7) is 2.59. The van der Waals surface area contributed by atoms with E-state index in [0.29, 0.717) is 36.8 Å². The Morgan fingerprint density at radius 3 is 2.54 bits per heavy atom. The summed E-state index contributed by atoms with van der Waals surface area (Å²) in [4.78, 5) is 32.5. The van der Waals surface area contributed by atoms with Crippen molar-refractivity contribution in [1.29, 1.82) is 0 Å². The van der Waals surface area contributed by atoms with Crippen LogP contribution in [-0.4, -0.2) is 48.3 Å². The zero-order chi connectivity index (χ0) is 19.5. The molecule has 1 aliphatic heterocycles. The Kier molecular flexibility index (Phi) is 5.26. The molecule has 1 aromatic heterocycles. The minimum Gasteiger partial charge on any atom is -0.366 e. The minimum atomic E-state index is 0.0486. The fourth-order valence-corrected chi connectivity index (χ4v) is 4.02. The van der Waals surface area contributed by atoms with Gasteiger partial charge in [0.1, 0.15) is 6.29 Å². The number of hydrogen-bond acceptors (Lipinski definition) is 4. The maximum absolute atomic E-state index is 12.7. The third kappa shape index (κ3) is 3.45. The number of benzene rings is 2. The summed E-state index contributed by atoms with van der Waals surface area (Å²) in [5, 5.41) is 1.47. The quantitative estimate of drug-likeness (QED) is 0.635. The molecule has 1 aliphatic rings. The highest BCUT2D eigenvalue weighted by Gasteiger charge is 2.25. The number of anilines is 1. The Labute approximate surface area is 168 Å². The SMILES string of the molecule is O=CCc1cc(Cl)c2cccnc2c1N1CCN(C(=O)c2ccccc2)CC1. The van der Waals surface area contributed by atoms with Gasteiger partial charge in [0.05, 0.1) is 16.2 Å². The highest BCUT2D eigenvalue weighted by atomic mass is 35.5. The van der Waals surface area contributed by atoms with E-state index in [-0.39, 0.29) is 12.3 Å². The number of piperazine rings is 1. The van der Waals surface area contributed by atoms with Gasteiger partial charge in [-0.1, -0.05) is 29.8 Å². The minimum absolute atomic E-state index is 0.0486. The molecule has 1 fully saturated rings. The van der Waals surface area contributed by atoms with Gasteiger partial charge in [-0.3, -0.25) is 9.78 Å². The summed E-state index contributed by atoms with van der Waals surface area (Å²) >= 11 is 6.41. The summed E-state index contributed by atoms with van der Waals surface area (Å²) in [7, 11) is 0. The first-order chi connectivity index (χ1) is 13.7. The lowest BCUT2D eigenvalue weighted by molar-refractivity contribution is -0.107. The van der Waals surface area contributed by atoms with Crippen LogP contribution in [0, 0.1) is 0 Å². The highest BCUT2D eigenvalue weighted by molar-refractivity contribution is 6.36. The van der Waals surface area contributed by atoms with Gasteiger partial charge in [0, 0.05) is 49.7 Å². The van der Waals surface area contributed by atoms with Crippen LogP contribution >= 0.6 is 11.6 Å². The molecule has 3 aromatic rings. The van der Waals surface area contributed by atoms with Crippen molar-refractivity contribution in [1.82, 2.24) is 9.88 Å². The fourth-order valence-electron chi connectivity index (χ4n) is 3.73. The van der Waals surface area contributed by atoms with Crippen LogP contribution in [0.5, 0.6) is 0 Å². The third-order valence-corrected chi connectivity index (χ3v) is 5.41. The Balaban J connectivity index is 1.62. The monoisotopic (exact) mass is 393 g/mol. The number of rotatable bonds is 4. The van der Waals surface area contributed by atoms with E-state index in [9.17, 15) is 9.59 Å². The van der Waals surface area contributed by atoms with Crippen molar-refractivity contribution in [3.8, 4) is 0 Å². The second-order valence-corrected chi connectivity index (χ2v) is 7.19. The maximum Gasteiger partial charge on any atom is 0.253 e. The molecular formula is C22H20ClN3O2. The highest BCUT2D eigenvalue weighted by Crippen LogP contribution is 2.35. The molecule has 0 aliphatic carbocycles. The summed E-state index contributed by atoms with van der Waals surface area (Å²) in [5.74, 6) is 0.0486. The topological polar surface area (TPSA) is 53.5 Å². The van der Waals surface area contributed by atoms with Crippen LogP contribution < -0.4 is 4.90 Å². The second-order valence-electron chi connectivity index (χ2n) is 6.78. The molecule has 6 heteroatoms. The van der Waals surface area contributed by atoms with E-state index in [4.69, 9.17) is 11.6 Å². The lowest BCUT2D eigenvalue weighted by Crippen LogP contribution is -2.49. The van der Waals surface area contributed by atoms with E-state index in [1.165, 1.54) is 0 Å². The van der Waals surface area contributed by atoms with E-state index < -0.39 is 0 Å². The van der Waals surface area contributed by atoms with Crippen molar-refractivity contribution in [2.45, 2.75) is 6.42 Å². The number of hydrogen-bond donors (Lipinski definition) is 0. The standard InChI is InChI=1S/C22H20ClN3O2/c23-19-15-17(8-14-27)21(20-18(19)7-4-9-24-20)25-10-12-26(13-11-25)22(28)16-5-2-1-3-6-16/h1-7,9,14-15H,8,10-13H2. The fraction of sp³-hybridized carbons (Fsp3) is 0.227. The van der Waals surface area contributed by atoms with E-state index in [2.05, 4.69) is 9.88 Å². The number of nitrogens with zero attached hydrogens (tertiary/aromatic N) is 3. The van der Waals surface area contributed by atoms with Crippen molar-refractivity contribution in [3.63, 3.8) is 0 Å². The third-order valence-electron chi connectivity index (χ3n) is 5.10. The number of fused-ring (bicyclic) bond motifs is 1. The van der Waals surface area contributed by atoms with Crippen molar-refractivity contribution in [2.24, 2.45) is 0 Å². The zero-order valence-electron chi connectivity index (χ0n) is 15.3. The molecule has 142 valence electrons. The van der Waals surface area contributed by atoms with Gasteiger partial charge in [-0.2, -0.15) is 0 Å². The van der Waals surface area contributed by atoms with Gasteiger partial charge in [-0.15, -0.1) is 0 Å². The van der Waals surface area contributed by atoms with Crippen molar-refractivity contribution in [2.75, 3.05) is 31.1 Å². The van der Waals surface area contributed by atoms with Crippen molar-refractivity contribution >= 4 is 40.4 Å². The van der Waals surface area contributed by atoms with Crippen LogP contribution in [0.4, 0.5) is 5.69 Å². The summed E-state index contributed by atoms with van der Waals surface area (Å²) in [5.41, 5.74) is 3.32. The number of halogens is 1. The van der Waals surface area contributed by atoms with Crippen molar-refractivity contribution in [3.05, 3.63) is 70.9 Å². The molecule has 0 atom stereocenters. The largest absolute Gasteiger partial charge is 0.366 e. The molecule has 0 radical (unpaired) electrons. The molecule has 0 saturated carbocycles. The maximum atomic E-state index is 12.7. The van der Waals surface area contributed by atoms with Crippen LogP contribution in [-0.2, 0) is 11.2 Å². The first kappa shape index (κ1) is 18.4. The molecule has 28 heavy (non-hydrogen) atoms. The molecule has 0 spiro atoms. The number of amides is 1. The molecule has 4 rings (SSSR count). The molecular weight excluding hydrogens is 374 g/mol. The molecule has 0 N–H and O–H groups in total. The average Bonchev–Trinajstić information content (AvgIpc) is 2.75. The van der Waals surface area contributed by atoms with Crippen LogP contribution in [0.3, 0.4) is 0 Å². The first-order valence-corrected chi connectivity index (χ1v) is 9.66. The number of aromatic nitrogens is 1. The zero-order valence-corrected chi connectivity index (χ0v) is 16.1. The Hall–Kier alpha value is -2.92. The molecule has 0 bridgehead atoms. The van der Waals surface area contributed by atoms with Gasteiger partial charge < -0.3 is 14.6 Å². The van der Waals surface area contributed by atoms with Crippen LogP contribution in [0.15, 0.2) is 54.7 Å². The summed E-state index contributed by atoms with van der Waals surface area (Å²) in [6.07, 6.45) is 2.91. The molecule has 5 nitrogen and oxygen atoms in total. The van der Waals surface area contributed by atoms with Gasteiger partial charge in [0.25, 0.3) is 5.91 Å². The van der Waals surface area contributed by atoms with Crippen LogP contribution in [0.25, 0.3) is 10.9 Å². The lowest BCUT2D eigenvalue weighted by Gasteiger charge is -2.37. The van der Waals surface area contributed by atoms with Gasteiger partial charge in [0.15, 0.2) is 0 Å². The molecule has 2 heterocycles. The van der Waals surface area contributed by atoms with Gasteiger partial charge >= 0.3 is 0 Å². The number of carbonyl (C=O) groups excluding carboxylic acids is 2. The average molecular weight is 394 g/mol. The van der Waals surface area contributed by atoms with Gasteiger partial charge in [-0.05, 0) is 35.9 Å². The van der Waals surface area contributed by atoms with Crippen LogP contribution in [0.1, 0.15) is 15.9 Å². The predicted octanol–water partition coefficient (Wildman–Crippen LogP) is 3.59. The van der Waals surface area contributed by atoms with E-state index in [0.717, 1.165) is 28.4 Å². The molecule has 1 amide bonds. The van der Waals surface area contributed by atoms with Gasteiger partial charge in [0.2, 0.25) is 0 Å². The number of carbonyl (C=O) groups is 2. The lowest BCUT2D eigenvalue weighted by atomic mass is 10.0. The van der Waals surface area contributed by atoms with E-state index >= 15 is 0 Å². The Bertz CT molecular complexity index is 1010. The number of pyridine rings is 1. The Morgan fingerprint density at radius 1 is 1.07 bits per heavy atom. The normalized spacial score (nSPS) is 14.3. The van der Waals surface area contributed by atoms with Crippen LogP contribution in [0.2, 0.25) is 5.02 Å². The summed E-state index contributed by atoms with van der Waals surface area (Å²) < 4.78 is 0. The first-order valence-electron chi connectivity index (χ1n) is 9.28. The van der Waals surface area contributed by atoms with E-state index in [1.54, 1.807) is 6.20 Å². The second kappa shape index (κ2) is 7.98. The predicted molar refractivity (Wildman–Crippen MR) is 111 cm³/mol. The molecule has 2 aromatic carbocycles. The summed E-state index contributed by atoms with van der Waals surface area (Å²) in [6, 6.07) is 15.0. The van der Waals surface area contributed by atoms with Crippen molar-refractivity contribution < 1.29 is 9.59 Å². The van der Waals surface area contributed by atoms with Gasteiger partial charge in [-0.25, -0.2) is 0 Å². The smallest absolute Gasteiger partial charge is 0.253 e. The number of aldehydes is 1.